The number of fused-ring (bicyclic) bond motifs is 1. The Balaban J connectivity index is 1.53. The van der Waals surface area contributed by atoms with Crippen LogP contribution in [0.3, 0.4) is 0 Å². The first-order valence-electron chi connectivity index (χ1n) is 9.72. The minimum absolute atomic E-state index is 0.00770. The quantitative estimate of drug-likeness (QED) is 0.445. The van der Waals surface area contributed by atoms with Gasteiger partial charge in [-0.05, 0) is 34.4 Å². The van der Waals surface area contributed by atoms with Crippen molar-refractivity contribution in [1.29, 1.82) is 0 Å². The van der Waals surface area contributed by atoms with Gasteiger partial charge in [0.25, 0.3) is 0 Å². The summed E-state index contributed by atoms with van der Waals surface area (Å²) in [6, 6.07) is 20.7. The van der Waals surface area contributed by atoms with Crippen LogP contribution in [0, 0.1) is 0 Å². The molecule has 0 amide bonds. The number of aromatic nitrogens is 2. The Hall–Kier alpha value is -3.03. The molecule has 3 aromatic carbocycles. The van der Waals surface area contributed by atoms with E-state index in [9.17, 15) is 8.42 Å². The van der Waals surface area contributed by atoms with E-state index >= 15 is 0 Å². The van der Waals surface area contributed by atoms with Crippen LogP contribution in [0.4, 0.5) is 0 Å². The summed E-state index contributed by atoms with van der Waals surface area (Å²) in [6.07, 6.45) is 0. The first kappa shape index (κ1) is 20.3. The van der Waals surface area contributed by atoms with Gasteiger partial charge in [0.1, 0.15) is 0 Å². The molecule has 0 radical (unpaired) electrons. The van der Waals surface area contributed by atoms with Crippen LogP contribution in [0.25, 0.3) is 22.2 Å². The number of nitrogens with zero attached hydrogens (tertiary/aromatic N) is 3. The van der Waals surface area contributed by atoms with Crippen LogP contribution in [-0.2, 0) is 16.6 Å². The van der Waals surface area contributed by atoms with Gasteiger partial charge in [-0.15, -0.1) is 0 Å². The summed E-state index contributed by atoms with van der Waals surface area (Å²) in [4.78, 5) is 4.60. The molecule has 30 heavy (non-hydrogen) atoms. The first-order valence-corrected chi connectivity index (χ1v) is 11.2. The topological polar surface area (TPSA) is 76.3 Å². The fourth-order valence-corrected chi connectivity index (χ4v) is 4.39. The fraction of sp³-hybridized carbons (Fsp3) is 0.217. The molecule has 1 heterocycles. The van der Waals surface area contributed by atoms with Gasteiger partial charge in [0.15, 0.2) is 0 Å². The van der Waals surface area contributed by atoms with Gasteiger partial charge in [-0.1, -0.05) is 73.6 Å². The first-order chi connectivity index (χ1) is 14.3. The summed E-state index contributed by atoms with van der Waals surface area (Å²) in [5.74, 6) is 1.12. The number of hydrogen-bond donors (Lipinski definition) is 0. The molecule has 6 nitrogen and oxygen atoms in total. The Kier molecular flexibility index (Phi) is 5.40. The Morgan fingerprint density at radius 3 is 2.37 bits per heavy atom. The Morgan fingerprint density at radius 1 is 0.967 bits per heavy atom. The summed E-state index contributed by atoms with van der Waals surface area (Å²) >= 11 is 0. The smallest absolute Gasteiger partial charge is 0.243 e. The van der Waals surface area contributed by atoms with Crippen LogP contribution in [0.15, 0.2) is 76.1 Å². The SMILES string of the molecule is CC(C)c1ccc(-c2noc(CN(C)S(=O)(=O)c3ccc4ccccc4c3)n2)cc1. The second kappa shape index (κ2) is 8.01. The van der Waals surface area contributed by atoms with E-state index in [0.717, 1.165) is 16.3 Å². The standard InChI is InChI=1S/C23H23N3O3S/c1-16(2)17-8-10-19(11-9-17)23-24-22(29-25-23)15-26(3)30(27,28)21-13-12-18-6-4-5-7-20(18)14-21/h4-14,16H,15H2,1-3H3. The van der Waals surface area contributed by atoms with E-state index in [1.165, 1.54) is 16.9 Å². The van der Waals surface area contributed by atoms with Gasteiger partial charge in [0.05, 0.1) is 11.4 Å². The lowest BCUT2D eigenvalue weighted by Crippen LogP contribution is -2.26. The molecule has 0 aliphatic rings. The van der Waals surface area contributed by atoms with Crippen molar-refractivity contribution < 1.29 is 12.9 Å². The van der Waals surface area contributed by atoms with Crippen LogP contribution >= 0.6 is 0 Å². The fourth-order valence-electron chi connectivity index (χ4n) is 3.24. The van der Waals surface area contributed by atoms with Crippen molar-refractivity contribution in [3.63, 3.8) is 0 Å². The van der Waals surface area contributed by atoms with E-state index in [0.29, 0.717) is 11.7 Å². The highest BCUT2D eigenvalue weighted by molar-refractivity contribution is 7.89. The zero-order valence-electron chi connectivity index (χ0n) is 17.1. The predicted molar refractivity (Wildman–Crippen MR) is 116 cm³/mol. The predicted octanol–water partition coefficient (Wildman–Crippen LogP) is 4.83. The highest BCUT2D eigenvalue weighted by Gasteiger charge is 2.23. The van der Waals surface area contributed by atoms with Crippen molar-refractivity contribution in [2.75, 3.05) is 7.05 Å². The second-order valence-electron chi connectivity index (χ2n) is 7.56. The van der Waals surface area contributed by atoms with E-state index in [1.54, 1.807) is 12.1 Å². The van der Waals surface area contributed by atoms with Crippen molar-refractivity contribution in [3.05, 3.63) is 78.2 Å². The second-order valence-corrected chi connectivity index (χ2v) is 9.60. The summed E-state index contributed by atoms with van der Waals surface area (Å²) < 4.78 is 32.5. The molecule has 0 N–H and O–H groups in total. The minimum Gasteiger partial charge on any atom is -0.338 e. The van der Waals surface area contributed by atoms with Crippen molar-refractivity contribution in [2.45, 2.75) is 31.2 Å². The third kappa shape index (κ3) is 3.99. The molecular weight excluding hydrogens is 398 g/mol. The van der Waals surface area contributed by atoms with Crippen LogP contribution in [-0.4, -0.2) is 29.9 Å². The molecule has 0 fully saturated rings. The molecule has 0 saturated carbocycles. The maximum atomic E-state index is 13.0. The average Bonchev–Trinajstić information content (AvgIpc) is 3.22. The molecule has 1 aromatic heterocycles. The lowest BCUT2D eigenvalue weighted by Gasteiger charge is -2.15. The molecule has 0 bridgehead atoms. The van der Waals surface area contributed by atoms with Gasteiger partial charge >= 0.3 is 0 Å². The maximum Gasteiger partial charge on any atom is 0.243 e. The van der Waals surface area contributed by atoms with E-state index in [4.69, 9.17) is 4.52 Å². The average molecular weight is 422 g/mol. The van der Waals surface area contributed by atoms with Crippen LogP contribution in [0.1, 0.15) is 31.2 Å². The molecule has 0 atom stereocenters. The lowest BCUT2D eigenvalue weighted by molar-refractivity contribution is 0.337. The van der Waals surface area contributed by atoms with Crippen molar-refractivity contribution in [2.24, 2.45) is 0 Å². The molecule has 7 heteroatoms. The summed E-state index contributed by atoms with van der Waals surface area (Å²) in [5.41, 5.74) is 2.05. The van der Waals surface area contributed by atoms with Crippen LogP contribution < -0.4 is 0 Å². The Bertz CT molecular complexity index is 1280. The highest BCUT2D eigenvalue weighted by Crippen LogP contribution is 2.24. The maximum absolute atomic E-state index is 13.0. The normalized spacial score (nSPS) is 12.2. The van der Waals surface area contributed by atoms with Gasteiger partial charge < -0.3 is 4.52 Å². The van der Waals surface area contributed by atoms with E-state index < -0.39 is 10.0 Å². The number of hydrogen-bond acceptors (Lipinski definition) is 5. The largest absolute Gasteiger partial charge is 0.338 e. The van der Waals surface area contributed by atoms with Crippen LogP contribution in [0.2, 0.25) is 0 Å². The molecule has 0 spiro atoms. The Labute approximate surface area is 176 Å². The van der Waals surface area contributed by atoms with Crippen molar-refractivity contribution in [3.8, 4) is 11.4 Å². The van der Waals surface area contributed by atoms with Gasteiger partial charge in [-0.25, -0.2) is 8.42 Å². The number of sulfonamides is 1. The molecule has 4 rings (SSSR count). The molecule has 0 saturated heterocycles. The molecule has 0 aliphatic carbocycles. The highest BCUT2D eigenvalue weighted by atomic mass is 32.2. The zero-order valence-corrected chi connectivity index (χ0v) is 17.9. The van der Waals surface area contributed by atoms with Crippen molar-refractivity contribution >= 4 is 20.8 Å². The van der Waals surface area contributed by atoms with E-state index in [1.807, 2.05) is 54.6 Å². The summed E-state index contributed by atoms with van der Waals surface area (Å²) in [6.45, 7) is 4.26. The van der Waals surface area contributed by atoms with Gasteiger partial charge in [0, 0.05) is 12.6 Å². The summed E-state index contributed by atoms with van der Waals surface area (Å²) in [7, 11) is -2.19. The molecule has 154 valence electrons. The van der Waals surface area contributed by atoms with E-state index in [-0.39, 0.29) is 17.3 Å². The third-order valence-corrected chi connectivity index (χ3v) is 6.89. The monoisotopic (exact) mass is 421 g/mol. The zero-order chi connectivity index (χ0) is 21.3. The number of benzene rings is 3. The summed E-state index contributed by atoms with van der Waals surface area (Å²) in [5, 5.41) is 5.86. The molecule has 4 aromatic rings. The number of rotatable bonds is 6. The minimum atomic E-state index is -3.69. The van der Waals surface area contributed by atoms with E-state index in [2.05, 4.69) is 24.0 Å². The molecular formula is C23H23N3O3S. The van der Waals surface area contributed by atoms with Gasteiger partial charge in [0.2, 0.25) is 21.7 Å². The Morgan fingerprint density at radius 2 is 1.67 bits per heavy atom. The third-order valence-electron chi connectivity index (χ3n) is 5.09. The van der Waals surface area contributed by atoms with Gasteiger partial charge in [-0.3, -0.25) is 0 Å². The van der Waals surface area contributed by atoms with Crippen LogP contribution in [0.5, 0.6) is 0 Å². The molecule has 0 unspecified atom stereocenters. The van der Waals surface area contributed by atoms with Crippen molar-refractivity contribution in [1.82, 2.24) is 14.4 Å². The lowest BCUT2D eigenvalue weighted by atomic mass is 10.0. The molecule has 0 aliphatic heterocycles. The van der Waals surface area contributed by atoms with Gasteiger partial charge in [-0.2, -0.15) is 9.29 Å².